The molecule has 0 amide bonds. The SMILES string of the molecule is Cc1nnc(N[C@H](N)c2cccc(C(F)(F)F)c2F)c2cc(N3CC(N(C)C)C3)ncc12. The van der Waals surface area contributed by atoms with Gasteiger partial charge in [-0.3, -0.25) is 0 Å². The third-order valence-electron chi connectivity index (χ3n) is 5.71. The average molecular weight is 449 g/mol. The Balaban J connectivity index is 1.66. The van der Waals surface area contributed by atoms with Gasteiger partial charge < -0.3 is 20.9 Å². The van der Waals surface area contributed by atoms with Crippen molar-refractivity contribution in [3.05, 3.63) is 53.1 Å². The van der Waals surface area contributed by atoms with E-state index in [1.54, 1.807) is 13.1 Å². The van der Waals surface area contributed by atoms with Crippen molar-refractivity contribution in [1.29, 1.82) is 0 Å². The molecule has 11 heteroatoms. The van der Waals surface area contributed by atoms with Crippen molar-refractivity contribution < 1.29 is 17.6 Å². The molecule has 4 rings (SSSR count). The Morgan fingerprint density at radius 1 is 1.19 bits per heavy atom. The first kappa shape index (κ1) is 22.2. The number of nitrogens with zero attached hydrogens (tertiary/aromatic N) is 5. The van der Waals surface area contributed by atoms with E-state index in [1.165, 1.54) is 6.07 Å². The highest BCUT2D eigenvalue weighted by atomic mass is 19.4. The second-order valence-corrected chi connectivity index (χ2v) is 8.07. The van der Waals surface area contributed by atoms with Gasteiger partial charge in [0.2, 0.25) is 0 Å². The molecular formula is C21H23F4N7. The summed E-state index contributed by atoms with van der Waals surface area (Å²) in [5.74, 6) is -0.435. The molecule has 1 aromatic carbocycles. The summed E-state index contributed by atoms with van der Waals surface area (Å²) in [6.45, 7) is 3.42. The summed E-state index contributed by atoms with van der Waals surface area (Å²) in [4.78, 5) is 8.76. The fourth-order valence-electron chi connectivity index (χ4n) is 3.64. The van der Waals surface area contributed by atoms with Gasteiger partial charge in [0.25, 0.3) is 0 Å². The molecule has 2 aromatic heterocycles. The number of nitrogens with one attached hydrogen (secondary N) is 1. The largest absolute Gasteiger partial charge is 0.419 e. The van der Waals surface area contributed by atoms with Crippen molar-refractivity contribution >= 4 is 22.4 Å². The summed E-state index contributed by atoms with van der Waals surface area (Å²) in [5.41, 5.74) is 4.99. The van der Waals surface area contributed by atoms with Crippen LogP contribution >= 0.6 is 0 Å². The Hall–Kier alpha value is -3.05. The minimum Gasteiger partial charge on any atom is -0.353 e. The topological polar surface area (TPSA) is 83.2 Å². The van der Waals surface area contributed by atoms with Crippen molar-refractivity contribution in [2.45, 2.75) is 25.3 Å². The summed E-state index contributed by atoms with van der Waals surface area (Å²) < 4.78 is 53.7. The lowest BCUT2D eigenvalue weighted by molar-refractivity contribution is -0.140. The number of alkyl halides is 3. The van der Waals surface area contributed by atoms with Gasteiger partial charge in [-0.1, -0.05) is 12.1 Å². The lowest BCUT2D eigenvalue weighted by Crippen LogP contribution is -2.57. The van der Waals surface area contributed by atoms with E-state index in [9.17, 15) is 17.6 Å². The number of rotatable bonds is 5. The first-order chi connectivity index (χ1) is 15.1. The number of pyridine rings is 1. The van der Waals surface area contributed by atoms with Gasteiger partial charge >= 0.3 is 6.18 Å². The predicted molar refractivity (Wildman–Crippen MR) is 114 cm³/mol. The van der Waals surface area contributed by atoms with Crippen molar-refractivity contribution in [3.63, 3.8) is 0 Å². The van der Waals surface area contributed by atoms with Crippen molar-refractivity contribution in [3.8, 4) is 0 Å². The van der Waals surface area contributed by atoms with Crippen molar-refractivity contribution in [2.75, 3.05) is 37.4 Å². The lowest BCUT2D eigenvalue weighted by atomic mass is 10.1. The van der Waals surface area contributed by atoms with Crippen LogP contribution < -0.4 is 16.0 Å². The number of fused-ring (bicyclic) bond motifs is 1. The number of aryl methyl sites for hydroxylation is 1. The number of halogens is 4. The maximum atomic E-state index is 14.5. The fourth-order valence-corrected chi connectivity index (χ4v) is 3.64. The van der Waals surface area contributed by atoms with E-state index in [4.69, 9.17) is 5.73 Å². The summed E-state index contributed by atoms with van der Waals surface area (Å²) >= 11 is 0. The highest BCUT2D eigenvalue weighted by Crippen LogP contribution is 2.34. The molecular weight excluding hydrogens is 426 g/mol. The summed E-state index contributed by atoms with van der Waals surface area (Å²) in [6.07, 6.45) is -4.41. The first-order valence-electron chi connectivity index (χ1n) is 9.98. The van der Waals surface area contributed by atoms with Gasteiger partial charge in [0.05, 0.1) is 11.3 Å². The molecule has 1 atom stereocenters. The molecule has 0 saturated carbocycles. The molecule has 0 bridgehead atoms. The Labute approximate surface area is 182 Å². The zero-order valence-electron chi connectivity index (χ0n) is 17.8. The third-order valence-corrected chi connectivity index (χ3v) is 5.71. The molecule has 170 valence electrons. The van der Waals surface area contributed by atoms with Crippen molar-refractivity contribution in [2.24, 2.45) is 5.73 Å². The summed E-state index contributed by atoms with van der Waals surface area (Å²) in [5, 5.41) is 12.4. The van der Waals surface area contributed by atoms with Gasteiger partial charge in [-0.2, -0.15) is 18.3 Å². The van der Waals surface area contributed by atoms with Crippen LogP contribution in [0.4, 0.5) is 29.2 Å². The molecule has 1 aliphatic rings. The van der Waals surface area contributed by atoms with Crippen LogP contribution in [-0.4, -0.2) is 53.3 Å². The Morgan fingerprint density at radius 2 is 1.91 bits per heavy atom. The highest BCUT2D eigenvalue weighted by Gasteiger charge is 2.35. The van der Waals surface area contributed by atoms with Crippen LogP contribution in [0, 0.1) is 12.7 Å². The molecule has 7 nitrogen and oxygen atoms in total. The molecule has 1 aliphatic heterocycles. The number of benzene rings is 1. The Kier molecular flexibility index (Phi) is 5.63. The molecule has 0 radical (unpaired) electrons. The number of hydrogen-bond donors (Lipinski definition) is 2. The van der Waals surface area contributed by atoms with Crippen LogP contribution in [0.5, 0.6) is 0 Å². The molecule has 3 N–H and O–H groups in total. The predicted octanol–water partition coefficient (Wildman–Crippen LogP) is 3.31. The van der Waals surface area contributed by atoms with Gasteiger partial charge in [0.1, 0.15) is 17.8 Å². The number of anilines is 2. The molecule has 32 heavy (non-hydrogen) atoms. The quantitative estimate of drug-likeness (QED) is 0.457. The van der Waals surface area contributed by atoms with E-state index in [0.29, 0.717) is 28.6 Å². The molecule has 1 fully saturated rings. The summed E-state index contributed by atoms with van der Waals surface area (Å²) in [7, 11) is 4.04. The monoisotopic (exact) mass is 449 g/mol. The van der Waals surface area contributed by atoms with Crippen LogP contribution in [0.15, 0.2) is 30.5 Å². The van der Waals surface area contributed by atoms with E-state index in [0.717, 1.165) is 25.0 Å². The smallest absolute Gasteiger partial charge is 0.353 e. The van der Waals surface area contributed by atoms with Crippen LogP contribution in [0.2, 0.25) is 0 Å². The number of likely N-dealkylation sites (N-methyl/N-ethyl adjacent to an activating group) is 1. The van der Waals surface area contributed by atoms with Crippen LogP contribution in [-0.2, 0) is 6.18 Å². The fraction of sp³-hybridized carbons (Fsp3) is 0.381. The van der Waals surface area contributed by atoms with E-state index < -0.39 is 23.7 Å². The second-order valence-electron chi connectivity index (χ2n) is 8.07. The van der Waals surface area contributed by atoms with Gasteiger partial charge in [-0.25, -0.2) is 9.37 Å². The lowest BCUT2D eigenvalue weighted by Gasteiger charge is -2.43. The van der Waals surface area contributed by atoms with E-state index in [2.05, 4.69) is 30.3 Å². The molecule has 0 spiro atoms. The van der Waals surface area contributed by atoms with Crippen LogP contribution in [0.1, 0.15) is 23.0 Å². The van der Waals surface area contributed by atoms with Gasteiger partial charge in [0.15, 0.2) is 5.82 Å². The maximum Gasteiger partial charge on any atom is 0.419 e. The van der Waals surface area contributed by atoms with Gasteiger partial charge in [0, 0.05) is 41.7 Å². The minimum absolute atomic E-state index is 0.239. The second kappa shape index (κ2) is 8.14. The van der Waals surface area contributed by atoms with E-state index >= 15 is 0 Å². The first-order valence-corrected chi connectivity index (χ1v) is 9.98. The molecule has 0 aliphatic carbocycles. The standard InChI is InChI=1S/C21H23F4N7/c1-11-15-8-27-17(32-9-12(10-32)31(2)3)7-14(15)20(30-29-11)28-19(26)13-5-4-6-16(18(13)22)21(23,24)25/h4-8,12,19H,9-10,26H2,1-3H3,(H,28,30)/t19-/m0/s1. The van der Waals surface area contributed by atoms with Crippen LogP contribution in [0.3, 0.4) is 0 Å². The number of aromatic nitrogens is 3. The maximum absolute atomic E-state index is 14.5. The Bertz CT molecular complexity index is 1140. The normalized spacial score (nSPS) is 15.8. The average Bonchev–Trinajstić information content (AvgIpc) is 2.68. The van der Waals surface area contributed by atoms with E-state index in [1.807, 2.05) is 20.2 Å². The minimum atomic E-state index is -4.82. The highest BCUT2D eigenvalue weighted by molar-refractivity contribution is 5.94. The third kappa shape index (κ3) is 4.05. The Morgan fingerprint density at radius 3 is 2.56 bits per heavy atom. The zero-order valence-corrected chi connectivity index (χ0v) is 17.8. The van der Waals surface area contributed by atoms with Crippen LogP contribution in [0.25, 0.3) is 10.8 Å². The van der Waals surface area contributed by atoms with E-state index in [-0.39, 0.29) is 11.4 Å². The number of hydrogen-bond acceptors (Lipinski definition) is 7. The van der Waals surface area contributed by atoms with Gasteiger partial charge in [-0.05, 0) is 33.2 Å². The molecule has 1 saturated heterocycles. The molecule has 3 heterocycles. The zero-order chi connectivity index (χ0) is 23.2. The summed E-state index contributed by atoms with van der Waals surface area (Å²) in [6, 6.07) is 5.27. The molecule has 0 unspecified atom stereocenters. The van der Waals surface area contributed by atoms with Gasteiger partial charge in [-0.15, -0.1) is 5.10 Å². The van der Waals surface area contributed by atoms with Crippen molar-refractivity contribution in [1.82, 2.24) is 20.1 Å². The number of nitrogens with two attached hydrogens (primary N) is 1. The molecule has 3 aromatic rings.